The molecule has 0 fully saturated rings. The summed E-state index contributed by atoms with van der Waals surface area (Å²) in [5, 5.41) is 3.44. The van der Waals surface area contributed by atoms with E-state index in [9.17, 15) is 4.39 Å². The fourth-order valence-corrected chi connectivity index (χ4v) is 2.34. The average molecular weight is 271 g/mol. The highest BCUT2D eigenvalue weighted by atomic mass is 19.1. The molecule has 0 bridgehead atoms. The van der Waals surface area contributed by atoms with Crippen LogP contribution in [-0.4, -0.2) is 6.54 Å². The van der Waals surface area contributed by atoms with Crippen LogP contribution >= 0.6 is 0 Å². The van der Waals surface area contributed by atoms with E-state index in [-0.39, 0.29) is 11.9 Å². The van der Waals surface area contributed by atoms with Crippen molar-refractivity contribution >= 4 is 0 Å². The van der Waals surface area contributed by atoms with E-state index in [4.69, 9.17) is 0 Å². The predicted octanol–water partition coefficient (Wildman–Crippen LogP) is 4.34. The molecule has 0 saturated heterocycles. The number of nitrogens with one attached hydrogen (secondary N) is 1. The minimum Gasteiger partial charge on any atom is -0.310 e. The molecule has 106 valence electrons. The van der Waals surface area contributed by atoms with Gasteiger partial charge < -0.3 is 5.32 Å². The third-order valence-corrected chi connectivity index (χ3v) is 3.61. The van der Waals surface area contributed by atoms with E-state index in [0.29, 0.717) is 5.56 Å². The normalized spacial score (nSPS) is 12.4. The van der Waals surface area contributed by atoms with Crippen LogP contribution in [0.1, 0.15) is 35.2 Å². The fourth-order valence-electron chi connectivity index (χ4n) is 2.34. The van der Waals surface area contributed by atoms with Crippen LogP contribution in [0.3, 0.4) is 0 Å². The fraction of sp³-hybridized carbons (Fsp3) is 0.333. The van der Waals surface area contributed by atoms with Gasteiger partial charge in [-0.05, 0) is 49.6 Å². The lowest BCUT2D eigenvalue weighted by atomic mass is 9.97. The Labute approximate surface area is 120 Å². The molecular weight excluding hydrogens is 249 g/mol. The van der Waals surface area contributed by atoms with E-state index in [1.54, 1.807) is 13.0 Å². The predicted molar refractivity (Wildman–Crippen MR) is 82.4 cm³/mol. The van der Waals surface area contributed by atoms with Crippen molar-refractivity contribution < 1.29 is 4.39 Å². The van der Waals surface area contributed by atoms with Gasteiger partial charge in [-0.25, -0.2) is 4.39 Å². The zero-order valence-electron chi connectivity index (χ0n) is 12.4. The molecule has 1 atom stereocenters. The van der Waals surface area contributed by atoms with Crippen LogP contribution < -0.4 is 5.32 Å². The molecule has 2 aromatic carbocycles. The monoisotopic (exact) mass is 271 g/mol. The number of halogens is 1. The number of likely N-dealkylation sites (N-methyl/N-ethyl adjacent to an activating group) is 1. The first-order chi connectivity index (χ1) is 9.60. The van der Waals surface area contributed by atoms with Crippen LogP contribution in [0.25, 0.3) is 0 Å². The third kappa shape index (κ3) is 3.67. The highest BCUT2D eigenvalue weighted by Gasteiger charge is 2.12. The second-order valence-corrected chi connectivity index (χ2v) is 5.31. The van der Waals surface area contributed by atoms with Crippen molar-refractivity contribution in [1.82, 2.24) is 5.32 Å². The molecule has 0 spiro atoms. The molecule has 1 nitrogen and oxygen atoms in total. The number of hydrogen-bond acceptors (Lipinski definition) is 1. The SMILES string of the molecule is CCNC(Cc1ccc(C)cc1)c1ccc(C)c(F)c1. The highest BCUT2D eigenvalue weighted by Crippen LogP contribution is 2.21. The van der Waals surface area contributed by atoms with E-state index in [1.807, 2.05) is 12.1 Å². The van der Waals surface area contributed by atoms with Gasteiger partial charge in [-0.2, -0.15) is 0 Å². The summed E-state index contributed by atoms with van der Waals surface area (Å²) in [5.74, 6) is -0.130. The summed E-state index contributed by atoms with van der Waals surface area (Å²) in [4.78, 5) is 0. The minimum atomic E-state index is -0.130. The first-order valence-electron chi connectivity index (χ1n) is 7.15. The molecule has 20 heavy (non-hydrogen) atoms. The Balaban J connectivity index is 2.21. The molecule has 1 unspecified atom stereocenters. The molecule has 0 aliphatic rings. The van der Waals surface area contributed by atoms with E-state index in [0.717, 1.165) is 18.5 Å². The highest BCUT2D eigenvalue weighted by molar-refractivity contribution is 5.29. The van der Waals surface area contributed by atoms with Crippen LogP contribution in [0.5, 0.6) is 0 Å². The minimum absolute atomic E-state index is 0.130. The van der Waals surface area contributed by atoms with Gasteiger partial charge in [-0.3, -0.25) is 0 Å². The number of rotatable bonds is 5. The second kappa shape index (κ2) is 6.67. The van der Waals surface area contributed by atoms with E-state index >= 15 is 0 Å². The average Bonchev–Trinajstić information content (AvgIpc) is 2.44. The van der Waals surface area contributed by atoms with Crippen LogP contribution in [-0.2, 0) is 6.42 Å². The zero-order chi connectivity index (χ0) is 14.5. The van der Waals surface area contributed by atoms with Gasteiger partial charge in [0, 0.05) is 6.04 Å². The zero-order valence-corrected chi connectivity index (χ0v) is 12.4. The maximum absolute atomic E-state index is 13.7. The Hall–Kier alpha value is -1.67. The molecule has 0 radical (unpaired) electrons. The summed E-state index contributed by atoms with van der Waals surface area (Å²) in [7, 11) is 0. The largest absolute Gasteiger partial charge is 0.310 e. The third-order valence-electron chi connectivity index (χ3n) is 3.61. The van der Waals surface area contributed by atoms with Crippen LogP contribution in [0.15, 0.2) is 42.5 Å². The van der Waals surface area contributed by atoms with Crippen LogP contribution in [0.4, 0.5) is 4.39 Å². The standard InChI is InChI=1S/C18H22FN/c1-4-20-18(11-15-8-5-13(2)6-9-15)16-10-7-14(3)17(19)12-16/h5-10,12,18,20H,4,11H2,1-3H3. The van der Waals surface area contributed by atoms with E-state index in [2.05, 4.69) is 43.4 Å². The maximum atomic E-state index is 13.7. The molecule has 0 amide bonds. The summed E-state index contributed by atoms with van der Waals surface area (Å²) >= 11 is 0. The molecule has 0 aliphatic carbocycles. The number of aryl methyl sites for hydroxylation is 2. The second-order valence-electron chi connectivity index (χ2n) is 5.31. The van der Waals surface area contributed by atoms with Crippen molar-refractivity contribution in [2.45, 2.75) is 33.2 Å². The lowest BCUT2D eigenvalue weighted by molar-refractivity contribution is 0.541. The number of hydrogen-bond donors (Lipinski definition) is 1. The molecule has 0 aliphatic heterocycles. The lowest BCUT2D eigenvalue weighted by Crippen LogP contribution is -2.23. The van der Waals surface area contributed by atoms with Crippen LogP contribution in [0.2, 0.25) is 0 Å². The van der Waals surface area contributed by atoms with Gasteiger partial charge in [-0.1, -0.05) is 48.9 Å². The maximum Gasteiger partial charge on any atom is 0.126 e. The van der Waals surface area contributed by atoms with E-state index < -0.39 is 0 Å². The summed E-state index contributed by atoms with van der Waals surface area (Å²) in [6.45, 7) is 6.82. The molecule has 1 N–H and O–H groups in total. The van der Waals surface area contributed by atoms with Gasteiger partial charge in [0.2, 0.25) is 0 Å². The van der Waals surface area contributed by atoms with Crippen molar-refractivity contribution in [3.05, 3.63) is 70.5 Å². The van der Waals surface area contributed by atoms with Crippen molar-refractivity contribution in [3.8, 4) is 0 Å². The van der Waals surface area contributed by atoms with E-state index in [1.165, 1.54) is 11.1 Å². The summed E-state index contributed by atoms with van der Waals surface area (Å²) in [6.07, 6.45) is 0.872. The Morgan fingerprint density at radius 1 is 1.05 bits per heavy atom. The topological polar surface area (TPSA) is 12.0 Å². The lowest BCUT2D eigenvalue weighted by Gasteiger charge is -2.19. The van der Waals surface area contributed by atoms with Crippen molar-refractivity contribution in [3.63, 3.8) is 0 Å². The molecule has 0 aromatic heterocycles. The quantitative estimate of drug-likeness (QED) is 0.853. The summed E-state index contributed by atoms with van der Waals surface area (Å²) in [5.41, 5.74) is 4.23. The van der Waals surface area contributed by atoms with Crippen molar-refractivity contribution in [1.29, 1.82) is 0 Å². The smallest absolute Gasteiger partial charge is 0.126 e. The van der Waals surface area contributed by atoms with Gasteiger partial charge in [0.15, 0.2) is 0 Å². The van der Waals surface area contributed by atoms with Gasteiger partial charge in [0.25, 0.3) is 0 Å². The Kier molecular flexibility index (Phi) is 4.91. The first kappa shape index (κ1) is 14.7. The van der Waals surface area contributed by atoms with Gasteiger partial charge >= 0.3 is 0 Å². The number of benzene rings is 2. The molecule has 2 rings (SSSR count). The summed E-state index contributed by atoms with van der Waals surface area (Å²) < 4.78 is 13.7. The molecular formula is C18H22FN. The molecule has 0 saturated carbocycles. The van der Waals surface area contributed by atoms with Gasteiger partial charge in [0.05, 0.1) is 0 Å². The Morgan fingerprint density at radius 2 is 1.75 bits per heavy atom. The Morgan fingerprint density at radius 3 is 2.35 bits per heavy atom. The first-order valence-corrected chi connectivity index (χ1v) is 7.15. The molecule has 2 heteroatoms. The van der Waals surface area contributed by atoms with Gasteiger partial charge in [-0.15, -0.1) is 0 Å². The van der Waals surface area contributed by atoms with Crippen molar-refractivity contribution in [2.75, 3.05) is 6.54 Å². The Bertz CT molecular complexity index is 560. The van der Waals surface area contributed by atoms with Gasteiger partial charge in [0.1, 0.15) is 5.82 Å². The molecule has 2 aromatic rings. The summed E-state index contributed by atoms with van der Waals surface area (Å²) in [6, 6.07) is 14.2. The van der Waals surface area contributed by atoms with Crippen LogP contribution in [0, 0.1) is 19.7 Å². The van der Waals surface area contributed by atoms with Crippen molar-refractivity contribution in [2.24, 2.45) is 0 Å². The molecule has 0 heterocycles.